The minimum atomic E-state index is -0.0288. The molecule has 0 saturated carbocycles. The van der Waals surface area contributed by atoms with Crippen molar-refractivity contribution < 1.29 is 14.2 Å². The van der Waals surface area contributed by atoms with Gasteiger partial charge in [-0.25, -0.2) is 0 Å². The Hall–Kier alpha value is -1.26. The first-order valence-corrected chi connectivity index (χ1v) is 6.32. The number of hydrogen-bond donors (Lipinski definition) is 1. The van der Waals surface area contributed by atoms with Crippen LogP contribution < -0.4 is 15.2 Å². The van der Waals surface area contributed by atoms with Gasteiger partial charge in [0.05, 0.1) is 14.2 Å². The maximum absolute atomic E-state index is 6.38. The van der Waals surface area contributed by atoms with Crippen molar-refractivity contribution in [1.82, 2.24) is 0 Å². The summed E-state index contributed by atoms with van der Waals surface area (Å²) in [4.78, 5) is 0. The van der Waals surface area contributed by atoms with E-state index < -0.39 is 0 Å². The van der Waals surface area contributed by atoms with Gasteiger partial charge in [0.2, 0.25) is 0 Å². The molecule has 4 nitrogen and oxygen atoms in total. The summed E-state index contributed by atoms with van der Waals surface area (Å²) < 4.78 is 16.1. The van der Waals surface area contributed by atoms with Crippen molar-refractivity contribution in [2.75, 3.05) is 27.4 Å². The normalized spacial score (nSPS) is 18.4. The first-order chi connectivity index (χ1) is 8.77. The van der Waals surface area contributed by atoms with Gasteiger partial charge in [-0.15, -0.1) is 0 Å². The molecule has 1 aliphatic rings. The Labute approximate surface area is 108 Å². The largest absolute Gasteiger partial charge is 0.493 e. The lowest BCUT2D eigenvalue weighted by molar-refractivity contribution is 0.0581. The summed E-state index contributed by atoms with van der Waals surface area (Å²) in [5.74, 6) is 1.93. The van der Waals surface area contributed by atoms with Crippen LogP contribution in [0.3, 0.4) is 0 Å². The van der Waals surface area contributed by atoms with E-state index in [0.717, 1.165) is 43.1 Å². The number of methoxy groups -OCH3 is 2. The summed E-state index contributed by atoms with van der Waals surface area (Å²) >= 11 is 0. The third kappa shape index (κ3) is 2.60. The molecule has 0 aliphatic carbocycles. The lowest BCUT2D eigenvalue weighted by Gasteiger charge is -2.29. The summed E-state index contributed by atoms with van der Waals surface area (Å²) in [7, 11) is 3.29. The second-order valence-corrected chi connectivity index (χ2v) is 4.56. The third-order valence-electron chi connectivity index (χ3n) is 3.57. The van der Waals surface area contributed by atoms with Crippen LogP contribution >= 0.6 is 0 Å². The van der Waals surface area contributed by atoms with E-state index in [1.54, 1.807) is 14.2 Å². The molecule has 1 fully saturated rings. The van der Waals surface area contributed by atoms with Gasteiger partial charge in [0, 0.05) is 24.8 Å². The zero-order valence-corrected chi connectivity index (χ0v) is 11.0. The number of nitrogens with two attached hydrogens (primary N) is 1. The van der Waals surface area contributed by atoms with E-state index in [2.05, 4.69) is 0 Å². The van der Waals surface area contributed by atoms with Crippen molar-refractivity contribution >= 4 is 0 Å². The van der Waals surface area contributed by atoms with Crippen molar-refractivity contribution in [2.45, 2.75) is 18.9 Å². The van der Waals surface area contributed by atoms with Gasteiger partial charge in [0.15, 0.2) is 11.5 Å². The summed E-state index contributed by atoms with van der Waals surface area (Å²) in [5.41, 5.74) is 7.40. The van der Waals surface area contributed by atoms with E-state index >= 15 is 0 Å². The van der Waals surface area contributed by atoms with Gasteiger partial charge in [-0.3, -0.25) is 0 Å². The molecule has 1 atom stereocenters. The Morgan fingerprint density at radius 2 is 1.94 bits per heavy atom. The standard InChI is InChI=1S/C14H21NO3/c1-16-12-5-3-4-11(14(12)17-2)13(15)10-6-8-18-9-7-10/h3-5,10,13H,6-9,15H2,1-2H3/t13-/m1/s1. The lowest BCUT2D eigenvalue weighted by Crippen LogP contribution is -2.27. The molecule has 2 rings (SSSR count). The smallest absolute Gasteiger partial charge is 0.165 e. The summed E-state index contributed by atoms with van der Waals surface area (Å²) in [5, 5.41) is 0. The molecule has 1 aromatic carbocycles. The van der Waals surface area contributed by atoms with Gasteiger partial charge < -0.3 is 19.9 Å². The Bertz CT molecular complexity index is 389. The molecular formula is C14H21NO3. The lowest BCUT2D eigenvalue weighted by atomic mass is 9.87. The monoisotopic (exact) mass is 251 g/mol. The Morgan fingerprint density at radius 3 is 2.56 bits per heavy atom. The Kier molecular flexibility index (Phi) is 4.44. The number of ether oxygens (including phenoxy) is 3. The minimum Gasteiger partial charge on any atom is -0.493 e. The average molecular weight is 251 g/mol. The Morgan fingerprint density at radius 1 is 1.22 bits per heavy atom. The fourth-order valence-corrected chi connectivity index (χ4v) is 2.50. The third-order valence-corrected chi connectivity index (χ3v) is 3.57. The maximum Gasteiger partial charge on any atom is 0.165 e. The summed E-state index contributed by atoms with van der Waals surface area (Å²) in [6, 6.07) is 5.83. The highest BCUT2D eigenvalue weighted by molar-refractivity contribution is 5.48. The molecule has 0 bridgehead atoms. The van der Waals surface area contributed by atoms with Gasteiger partial charge in [-0.2, -0.15) is 0 Å². The molecule has 0 radical (unpaired) electrons. The first-order valence-electron chi connectivity index (χ1n) is 6.32. The molecule has 0 amide bonds. The molecule has 1 aliphatic heterocycles. The van der Waals surface area contributed by atoms with Crippen molar-refractivity contribution in [1.29, 1.82) is 0 Å². The van der Waals surface area contributed by atoms with Gasteiger partial charge in [-0.05, 0) is 24.8 Å². The van der Waals surface area contributed by atoms with Gasteiger partial charge in [-0.1, -0.05) is 12.1 Å². The average Bonchev–Trinajstić information content (AvgIpc) is 2.46. The van der Waals surface area contributed by atoms with Crippen molar-refractivity contribution in [3.63, 3.8) is 0 Å². The second kappa shape index (κ2) is 6.07. The van der Waals surface area contributed by atoms with E-state index in [1.165, 1.54) is 0 Å². The molecule has 1 aromatic rings. The van der Waals surface area contributed by atoms with E-state index in [4.69, 9.17) is 19.9 Å². The summed E-state index contributed by atoms with van der Waals surface area (Å²) in [6.45, 7) is 1.59. The molecule has 2 N–H and O–H groups in total. The molecular weight excluding hydrogens is 230 g/mol. The maximum atomic E-state index is 6.38. The molecule has 1 heterocycles. The van der Waals surface area contributed by atoms with E-state index in [1.807, 2.05) is 18.2 Å². The van der Waals surface area contributed by atoms with Crippen molar-refractivity contribution in [2.24, 2.45) is 11.7 Å². The van der Waals surface area contributed by atoms with E-state index in [-0.39, 0.29) is 6.04 Å². The SMILES string of the molecule is COc1cccc([C@H](N)C2CCOCC2)c1OC. The predicted octanol–water partition coefficient (Wildman–Crippen LogP) is 2.13. The molecule has 0 aromatic heterocycles. The zero-order chi connectivity index (χ0) is 13.0. The van der Waals surface area contributed by atoms with Crippen LogP contribution in [0.4, 0.5) is 0 Å². The van der Waals surface area contributed by atoms with E-state index in [9.17, 15) is 0 Å². The highest BCUT2D eigenvalue weighted by Gasteiger charge is 2.25. The number of benzene rings is 1. The molecule has 0 spiro atoms. The quantitative estimate of drug-likeness (QED) is 0.890. The molecule has 0 unspecified atom stereocenters. The first kappa shape index (κ1) is 13.2. The van der Waals surface area contributed by atoms with Crippen LogP contribution in [0.5, 0.6) is 11.5 Å². The van der Waals surface area contributed by atoms with Gasteiger partial charge >= 0.3 is 0 Å². The fraction of sp³-hybridized carbons (Fsp3) is 0.571. The topological polar surface area (TPSA) is 53.7 Å². The molecule has 100 valence electrons. The number of para-hydroxylation sites is 1. The van der Waals surface area contributed by atoms with Crippen LogP contribution in [-0.4, -0.2) is 27.4 Å². The van der Waals surface area contributed by atoms with Gasteiger partial charge in [0.25, 0.3) is 0 Å². The van der Waals surface area contributed by atoms with Crippen LogP contribution in [0.1, 0.15) is 24.4 Å². The predicted molar refractivity (Wildman–Crippen MR) is 70.0 cm³/mol. The second-order valence-electron chi connectivity index (χ2n) is 4.56. The Balaban J connectivity index is 2.25. The van der Waals surface area contributed by atoms with Crippen molar-refractivity contribution in [3.05, 3.63) is 23.8 Å². The number of hydrogen-bond acceptors (Lipinski definition) is 4. The van der Waals surface area contributed by atoms with E-state index in [0.29, 0.717) is 5.92 Å². The highest BCUT2D eigenvalue weighted by Crippen LogP contribution is 2.38. The van der Waals surface area contributed by atoms with Crippen LogP contribution in [-0.2, 0) is 4.74 Å². The van der Waals surface area contributed by atoms with Crippen LogP contribution in [0.25, 0.3) is 0 Å². The van der Waals surface area contributed by atoms with Crippen molar-refractivity contribution in [3.8, 4) is 11.5 Å². The molecule has 4 heteroatoms. The number of rotatable bonds is 4. The van der Waals surface area contributed by atoms with Gasteiger partial charge in [0.1, 0.15) is 0 Å². The molecule has 1 saturated heterocycles. The molecule has 18 heavy (non-hydrogen) atoms. The summed E-state index contributed by atoms with van der Waals surface area (Å²) in [6.07, 6.45) is 2.00. The van der Waals surface area contributed by atoms with Crippen LogP contribution in [0, 0.1) is 5.92 Å². The zero-order valence-electron chi connectivity index (χ0n) is 11.0. The highest BCUT2D eigenvalue weighted by atomic mass is 16.5. The minimum absolute atomic E-state index is 0.0288. The van der Waals surface area contributed by atoms with Crippen LogP contribution in [0.15, 0.2) is 18.2 Å². The fourth-order valence-electron chi connectivity index (χ4n) is 2.50. The van der Waals surface area contributed by atoms with Crippen LogP contribution in [0.2, 0.25) is 0 Å².